The first-order valence-corrected chi connectivity index (χ1v) is 11.7. The number of carbonyl (C=O) groups excluding carboxylic acids is 1. The van der Waals surface area contributed by atoms with E-state index in [0.717, 1.165) is 22.5 Å². The summed E-state index contributed by atoms with van der Waals surface area (Å²) in [5.74, 6) is 0.619. The van der Waals surface area contributed by atoms with E-state index in [4.69, 9.17) is 9.41 Å². The molecule has 0 spiro atoms. The van der Waals surface area contributed by atoms with Crippen molar-refractivity contribution in [3.63, 3.8) is 0 Å². The quantitative estimate of drug-likeness (QED) is 0.570. The molecular weight excluding hydrogens is 440 g/mol. The van der Waals surface area contributed by atoms with Gasteiger partial charge < -0.3 is 14.6 Å². The minimum Gasteiger partial charge on any atom is -0.425 e. The third-order valence-electron chi connectivity index (χ3n) is 6.53. The van der Waals surface area contributed by atoms with Gasteiger partial charge in [-0.2, -0.15) is 5.26 Å². The molecule has 0 bridgehead atoms. The van der Waals surface area contributed by atoms with Crippen LogP contribution in [0.3, 0.4) is 0 Å². The van der Waals surface area contributed by atoms with Crippen molar-refractivity contribution in [3.8, 4) is 6.07 Å². The lowest BCUT2D eigenvalue weighted by atomic mass is 9.86. The maximum absolute atomic E-state index is 13.1. The van der Waals surface area contributed by atoms with Gasteiger partial charge in [-0.1, -0.05) is 42.5 Å². The van der Waals surface area contributed by atoms with Crippen LogP contribution in [0.2, 0.25) is 0 Å². The average Bonchev–Trinajstić information content (AvgIpc) is 3.31. The monoisotopic (exact) mass is 466 g/mol. The zero-order valence-electron chi connectivity index (χ0n) is 19.7. The van der Waals surface area contributed by atoms with Crippen LogP contribution in [-0.2, 0) is 0 Å². The van der Waals surface area contributed by atoms with Gasteiger partial charge >= 0.3 is 0 Å². The van der Waals surface area contributed by atoms with E-state index in [1.807, 2.05) is 61.7 Å². The van der Waals surface area contributed by atoms with E-state index in [1.165, 1.54) is 0 Å². The fourth-order valence-corrected chi connectivity index (χ4v) is 4.76. The highest BCUT2D eigenvalue weighted by Gasteiger charge is 2.30. The summed E-state index contributed by atoms with van der Waals surface area (Å²) in [5.41, 5.74) is 4.34. The molecule has 2 aromatic carbocycles. The van der Waals surface area contributed by atoms with Crippen LogP contribution in [0.4, 0.5) is 5.69 Å². The lowest BCUT2D eigenvalue weighted by molar-refractivity contribution is 0.0993. The molecule has 1 aliphatic carbocycles. The van der Waals surface area contributed by atoms with E-state index in [-0.39, 0.29) is 23.8 Å². The highest BCUT2D eigenvalue weighted by atomic mass is 16.4. The molecule has 3 atom stereocenters. The molecule has 8 nitrogen and oxygen atoms in total. The van der Waals surface area contributed by atoms with Crippen LogP contribution in [-0.4, -0.2) is 42.0 Å². The second-order valence-corrected chi connectivity index (χ2v) is 8.75. The highest BCUT2D eigenvalue weighted by Crippen LogP contribution is 2.36. The number of nitriles is 1. The summed E-state index contributed by atoms with van der Waals surface area (Å²) < 4.78 is 5.54. The van der Waals surface area contributed by atoms with Crippen LogP contribution in [0.15, 0.2) is 70.1 Å². The Morgan fingerprint density at radius 3 is 2.71 bits per heavy atom. The Balaban J connectivity index is 1.34. The number of aliphatic imine (C=N–C) groups is 1. The van der Waals surface area contributed by atoms with Gasteiger partial charge in [0.25, 0.3) is 5.91 Å². The van der Waals surface area contributed by atoms with Crippen molar-refractivity contribution in [3.05, 3.63) is 89.2 Å². The number of nitrogens with zero attached hydrogens (tertiary/aromatic N) is 5. The SMILES string of the molecule is Cc1nnc(C2C=CC(=NCCNC3c4ccccc4C(=O)N(C)c4ccccc43)C(C#N)C2)o1. The average molecular weight is 467 g/mol. The number of para-hydroxylation sites is 1. The second kappa shape index (κ2) is 9.65. The van der Waals surface area contributed by atoms with Crippen LogP contribution in [0.5, 0.6) is 0 Å². The van der Waals surface area contributed by atoms with Gasteiger partial charge in [0, 0.05) is 31.8 Å². The summed E-state index contributed by atoms with van der Waals surface area (Å²) in [6.45, 7) is 2.85. The molecule has 0 saturated heterocycles. The van der Waals surface area contributed by atoms with Crippen LogP contribution < -0.4 is 10.2 Å². The number of amides is 1. The van der Waals surface area contributed by atoms with Gasteiger partial charge in [0.15, 0.2) is 0 Å². The molecule has 3 unspecified atom stereocenters. The largest absolute Gasteiger partial charge is 0.425 e. The van der Waals surface area contributed by atoms with E-state index >= 15 is 0 Å². The highest BCUT2D eigenvalue weighted by molar-refractivity contribution is 6.08. The molecular formula is C27H26N6O2. The van der Waals surface area contributed by atoms with Crippen molar-refractivity contribution >= 4 is 17.3 Å². The molecule has 2 heterocycles. The Kier molecular flexibility index (Phi) is 6.25. The summed E-state index contributed by atoms with van der Waals surface area (Å²) in [4.78, 5) is 19.5. The molecule has 3 aromatic rings. The Labute approximate surface area is 204 Å². The number of fused-ring (bicyclic) bond motifs is 2. The van der Waals surface area contributed by atoms with Gasteiger partial charge in [0.05, 0.1) is 36.2 Å². The number of aromatic nitrogens is 2. The Morgan fingerprint density at radius 1 is 1.17 bits per heavy atom. The zero-order chi connectivity index (χ0) is 24.4. The van der Waals surface area contributed by atoms with Crippen molar-refractivity contribution in [1.82, 2.24) is 15.5 Å². The lowest BCUT2D eigenvalue weighted by Crippen LogP contribution is -2.26. The summed E-state index contributed by atoms with van der Waals surface area (Å²) in [7, 11) is 1.81. The second-order valence-electron chi connectivity index (χ2n) is 8.75. The maximum Gasteiger partial charge on any atom is 0.258 e. The summed E-state index contributed by atoms with van der Waals surface area (Å²) in [6, 6.07) is 17.9. The van der Waals surface area contributed by atoms with Crippen LogP contribution in [0, 0.1) is 24.2 Å². The Bertz CT molecular complexity index is 1350. The van der Waals surface area contributed by atoms with Gasteiger partial charge in [-0.25, -0.2) is 0 Å². The molecule has 1 amide bonds. The van der Waals surface area contributed by atoms with E-state index in [9.17, 15) is 10.1 Å². The van der Waals surface area contributed by atoms with Gasteiger partial charge in [-0.15, -0.1) is 10.2 Å². The lowest BCUT2D eigenvalue weighted by Gasteiger charge is -2.22. The third kappa shape index (κ3) is 4.38. The Hall–Kier alpha value is -4.09. The summed E-state index contributed by atoms with van der Waals surface area (Å²) in [6.07, 6.45) is 4.44. The number of hydrogen-bond acceptors (Lipinski definition) is 7. The summed E-state index contributed by atoms with van der Waals surface area (Å²) in [5, 5.41) is 21.3. The molecule has 2 aliphatic rings. The fraction of sp³-hybridized carbons (Fsp3) is 0.296. The molecule has 1 aromatic heterocycles. The molecule has 0 saturated carbocycles. The predicted molar refractivity (Wildman–Crippen MR) is 132 cm³/mol. The van der Waals surface area contributed by atoms with Crippen LogP contribution in [0.25, 0.3) is 0 Å². The first-order valence-electron chi connectivity index (χ1n) is 11.7. The van der Waals surface area contributed by atoms with Crippen molar-refractivity contribution in [2.75, 3.05) is 25.0 Å². The number of aryl methyl sites for hydroxylation is 1. The van der Waals surface area contributed by atoms with E-state index in [1.54, 1.807) is 11.8 Å². The van der Waals surface area contributed by atoms with E-state index < -0.39 is 0 Å². The number of benzene rings is 2. The smallest absolute Gasteiger partial charge is 0.258 e. The van der Waals surface area contributed by atoms with Crippen LogP contribution >= 0.6 is 0 Å². The third-order valence-corrected chi connectivity index (χ3v) is 6.53. The number of anilines is 1. The van der Waals surface area contributed by atoms with E-state index in [0.29, 0.717) is 36.9 Å². The molecule has 35 heavy (non-hydrogen) atoms. The van der Waals surface area contributed by atoms with Crippen molar-refractivity contribution in [2.24, 2.45) is 10.9 Å². The molecule has 1 aliphatic heterocycles. The number of hydrogen-bond donors (Lipinski definition) is 1. The minimum absolute atomic E-state index is 0.0206. The molecule has 5 rings (SSSR count). The maximum atomic E-state index is 13.1. The van der Waals surface area contributed by atoms with E-state index in [2.05, 4.69) is 27.6 Å². The molecule has 8 heteroatoms. The van der Waals surface area contributed by atoms with Gasteiger partial charge in [0.2, 0.25) is 11.8 Å². The number of carbonyl (C=O) groups is 1. The van der Waals surface area contributed by atoms with Crippen molar-refractivity contribution in [2.45, 2.75) is 25.3 Å². The first-order chi connectivity index (χ1) is 17.1. The Morgan fingerprint density at radius 2 is 1.94 bits per heavy atom. The number of allylic oxidation sites excluding steroid dienone is 2. The topological polar surface area (TPSA) is 107 Å². The van der Waals surface area contributed by atoms with Gasteiger partial charge in [-0.05, 0) is 35.8 Å². The fourth-order valence-electron chi connectivity index (χ4n) is 4.76. The summed E-state index contributed by atoms with van der Waals surface area (Å²) >= 11 is 0. The number of nitrogens with one attached hydrogen (secondary N) is 1. The zero-order valence-corrected chi connectivity index (χ0v) is 19.7. The standard InChI is InChI=1S/C27H26N6O2/c1-17-31-32-26(35-17)18-11-12-23(19(15-18)16-28)29-13-14-30-25-20-7-3-4-8-21(20)27(34)33(2)24-10-6-5-9-22(24)25/h3-12,18-19,25,30H,13-15H2,1-2H3. The number of rotatable bonds is 5. The molecule has 176 valence electrons. The first kappa shape index (κ1) is 22.7. The van der Waals surface area contributed by atoms with Crippen LogP contribution in [0.1, 0.15) is 51.6 Å². The molecule has 1 N–H and O–H groups in total. The van der Waals surface area contributed by atoms with Gasteiger partial charge in [-0.3, -0.25) is 9.79 Å². The van der Waals surface area contributed by atoms with Crippen molar-refractivity contribution in [1.29, 1.82) is 5.26 Å². The minimum atomic E-state index is -0.331. The van der Waals surface area contributed by atoms with Gasteiger partial charge in [0.1, 0.15) is 0 Å². The van der Waals surface area contributed by atoms with Crippen molar-refractivity contribution < 1.29 is 9.21 Å². The predicted octanol–water partition coefficient (Wildman–Crippen LogP) is 3.97. The molecule has 0 radical (unpaired) electrons. The molecule has 0 fully saturated rings. The normalized spacial score (nSPS) is 22.4.